The number of ether oxygens (including phenoxy) is 2. The topological polar surface area (TPSA) is 47.5 Å². The first-order valence-corrected chi connectivity index (χ1v) is 9.02. The number of para-hydroxylation sites is 2. The predicted octanol–water partition coefficient (Wildman–Crippen LogP) is 5.78. The monoisotopic (exact) mass is 372 g/mol. The zero-order valence-electron chi connectivity index (χ0n) is 13.9. The van der Waals surface area contributed by atoms with Crippen LogP contribution in [0.2, 0.25) is 5.15 Å². The van der Waals surface area contributed by atoms with Gasteiger partial charge >= 0.3 is 0 Å². The van der Waals surface area contributed by atoms with E-state index in [1.54, 1.807) is 6.20 Å². The average molecular weight is 373 g/mol. The van der Waals surface area contributed by atoms with Gasteiger partial charge in [-0.3, -0.25) is 0 Å². The first-order chi connectivity index (χ1) is 12.2. The number of rotatable bonds is 4. The Hall–Kier alpha value is -2.24. The summed E-state index contributed by atoms with van der Waals surface area (Å²) >= 11 is 7.49. The van der Waals surface area contributed by atoms with Crippen molar-refractivity contribution in [2.75, 3.05) is 6.61 Å². The number of benzene rings is 2. The third-order valence-electron chi connectivity index (χ3n) is 3.25. The second-order valence-electron chi connectivity index (χ2n) is 5.20. The number of aromatic nitrogens is 2. The summed E-state index contributed by atoms with van der Waals surface area (Å²) in [5.41, 5.74) is 1.23. The van der Waals surface area contributed by atoms with Gasteiger partial charge in [0.05, 0.1) is 12.8 Å². The summed E-state index contributed by atoms with van der Waals surface area (Å²) in [5, 5.41) is 0.966. The Labute approximate surface area is 156 Å². The lowest BCUT2D eigenvalue weighted by Gasteiger charge is -2.05. The molecule has 1 aliphatic rings. The minimum atomic E-state index is 0.349. The fraction of sp³-hybridized carbons (Fsp3) is 0.158. The number of hydrogen-bond donors (Lipinski definition) is 0. The van der Waals surface area contributed by atoms with Gasteiger partial charge in [-0.15, -0.1) is 0 Å². The van der Waals surface area contributed by atoms with Crippen LogP contribution in [-0.4, -0.2) is 16.6 Å². The molecule has 2 heterocycles. The molecular formula is C19H17ClN2O2S. The molecular weight excluding hydrogens is 356 g/mol. The summed E-state index contributed by atoms with van der Waals surface area (Å²) in [7, 11) is 0. The fourth-order valence-electron chi connectivity index (χ4n) is 1.96. The van der Waals surface area contributed by atoms with Gasteiger partial charge in [-0.05, 0) is 49.9 Å². The van der Waals surface area contributed by atoms with Gasteiger partial charge in [-0.1, -0.05) is 41.4 Å². The van der Waals surface area contributed by atoms with E-state index in [1.165, 1.54) is 17.3 Å². The van der Waals surface area contributed by atoms with Gasteiger partial charge in [0.25, 0.3) is 0 Å². The Balaban J connectivity index is 0.000000213. The lowest BCUT2D eigenvalue weighted by molar-refractivity contribution is 0.336. The van der Waals surface area contributed by atoms with Crippen LogP contribution in [0.3, 0.4) is 0 Å². The van der Waals surface area contributed by atoms with Crippen molar-refractivity contribution in [1.29, 1.82) is 0 Å². The van der Waals surface area contributed by atoms with Crippen LogP contribution in [0.1, 0.15) is 12.5 Å². The molecule has 4 nitrogen and oxygen atoms in total. The van der Waals surface area contributed by atoms with Crippen LogP contribution in [0.5, 0.6) is 17.2 Å². The molecule has 0 saturated carbocycles. The lowest BCUT2D eigenvalue weighted by Crippen LogP contribution is -1.96. The Morgan fingerprint density at radius 3 is 2.32 bits per heavy atom. The molecule has 6 heteroatoms. The van der Waals surface area contributed by atoms with E-state index in [0.717, 1.165) is 16.4 Å². The predicted molar refractivity (Wildman–Crippen MR) is 100 cm³/mol. The highest BCUT2D eigenvalue weighted by molar-refractivity contribution is 7.99. The van der Waals surface area contributed by atoms with Gasteiger partial charge in [0, 0.05) is 4.90 Å². The van der Waals surface area contributed by atoms with Crippen molar-refractivity contribution in [2.45, 2.75) is 23.9 Å². The first-order valence-electron chi connectivity index (χ1n) is 7.82. The van der Waals surface area contributed by atoms with E-state index >= 15 is 0 Å². The van der Waals surface area contributed by atoms with Crippen molar-refractivity contribution >= 4 is 23.4 Å². The van der Waals surface area contributed by atoms with E-state index < -0.39 is 0 Å². The van der Waals surface area contributed by atoms with Crippen LogP contribution >= 0.6 is 23.4 Å². The van der Waals surface area contributed by atoms with Crippen molar-refractivity contribution in [2.24, 2.45) is 0 Å². The summed E-state index contributed by atoms with van der Waals surface area (Å²) in [6.07, 6.45) is 1.61. The van der Waals surface area contributed by atoms with E-state index in [2.05, 4.69) is 29.0 Å². The molecule has 0 fully saturated rings. The first kappa shape index (κ1) is 17.6. The maximum atomic E-state index is 6.01. The van der Waals surface area contributed by atoms with Crippen LogP contribution in [0, 0.1) is 6.92 Å². The van der Waals surface area contributed by atoms with E-state index in [-0.39, 0.29) is 0 Å². The number of nitrogens with zero attached hydrogens (tertiary/aromatic N) is 2. The van der Waals surface area contributed by atoms with Crippen LogP contribution in [-0.2, 0) is 0 Å². The SMILES string of the molecule is CCOc1cnc(Sc2ccc(C)cc2)nc1Cl.c1ccc2c(c1)O2. The molecule has 0 saturated heterocycles. The third kappa shape index (κ3) is 5.11. The van der Waals surface area contributed by atoms with E-state index in [1.807, 2.05) is 43.3 Å². The molecule has 0 amide bonds. The van der Waals surface area contributed by atoms with E-state index in [4.69, 9.17) is 21.1 Å². The normalized spacial score (nSPS) is 10.8. The quantitative estimate of drug-likeness (QED) is 0.258. The van der Waals surface area contributed by atoms with Crippen molar-refractivity contribution < 1.29 is 9.47 Å². The molecule has 1 aromatic heterocycles. The molecule has 0 N–H and O–H groups in total. The van der Waals surface area contributed by atoms with Crippen LogP contribution in [0.4, 0.5) is 0 Å². The molecule has 25 heavy (non-hydrogen) atoms. The summed E-state index contributed by atoms with van der Waals surface area (Å²) in [6, 6.07) is 16.0. The van der Waals surface area contributed by atoms with Gasteiger partial charge in [-0.25, -0.2) is 9.97 Å². The van der Waals surface area contributed by atoms with E-state index in [0.29, 0.717) is 22.7 Å². The smallest absolute Gasteiger partial charge is 0.194 e. The highest BCUT2D eigenvalue weighted by Gasteiger charge is 2.15. The molecule has 128 valence electrons. The molecule has 0 atom stereocenters. The molecule has 0 unspecified atom stereocenters. The largest absolute Gasteiger partial charge is 0.489 e. The van der Waals surface area contributed by atoms with Crippen molar-refractivity contribution in [3.05, 3.63) is 65.4 Å². The molecule has 0 spiro atoms. The second-order valence-corrected chi connectivity index (χ2v) is 6.60. The molecule has 2 aromatic carbocycles. The van der Waals surface area contributed by atoms with Gasteiger partial charge < -0.3 is 9.47 Å². The number of halogens is 1. The van der Waals surface area contributed by atoms with Crippen molar-refractivity contribution in [1.82, 2.24) is 9.97 Å². The molecule has 4 rings (SSSR count). The minimum absolute atomic E-state index is 0.349. The fourth-order valence-corrected chi connectivity index (χ4v) is 2.92. The summed E-state index contributed by atoms with van der Waals surface area (Å²) < 4.78 is 10.2. The molecule has 0 aliphatic carbocycles. The Kier molecular flexibility index (Phi) is 5.79. The number of fused-ring (bicyclic) bond motifs is 1. The van der Waals surface area contributed by atoms with E-state index in [9.17, 15) is 0 Å². The van der Waals surface area contributed by atoms with Crippen LogP contribution in [0.25, 0.3) is 0 Å². The summed E-state index contributed by atoms with van der Waals surface area (Å²) in [6.45, 7) is 4.50. The van der Waals surface area contributed by atoms with Gasteiger partial charge in [-0.2, -0.15) is 0 Å². The molecule has 0 radical (unpaired) electrons. The zero-order chi connectivity index (χ0) is 17.6. The highest BCUT2D eigenvalue weighted by atomic mass is 35.5. The number of aryl methyl sites for hydroxylation is 1. The lowest BCUT2D eigenvalue weighted by atomic mass is 10.2. The van der Waals surface area contributed by atoms with Crippen molar-refractivity contribution in [3.63, 3.8) is 0 Å². The Morgan fingerprint density at radius 1 is 1.08 bits per heavy atom. The van der Waals surface area contributed by atoms with Crippen LogP contribution in [0.15, 0.2) is 64.8 Å². The second kappa shape index (κ2) is 8.23. The number of hydrogen-bond acceptors (Lipinski definition) is 5. The standard InChI is InChI=1S/C13H13ClN2OS.C6H4O/c1-3-17-11-8-15-13(16-12(11)14)18-10-6-4-9(2)5-7-10;1-2-4-6-5(3-1)7-6/h4-8H,3H2,1-2H3;1-4H. The average Bonchev–Trinajstić information content (AvgIpc) is 3.40. The minimum Gasteiger partial charge on any atom is -0.489 e. The van der Waals surface area contributed by atoms with Gasteiger partial charge in [0.15, 0.2) is 27.6 Å². The summed E-state index contributed by atoms with van der Waals surface area (Å²) in [5.74, 6) is 2.58. The Bertz CT molecular complexity index is 835. The zero-order valence-corrected chi connectivity index (χ0v) is 15.5. The Morgan fingerprint density at radius 2 is 1.76 bits per heavy atom. The molecule has 0 bridgehead atoms. The van der Waals surface area contributed by atoms with Crippen molar-refractivity contribution in [3.8, 4) is 17.2 Å². The maximum Gasteiger partial charge on any atom is 0.194 e. The third-order valence-corrected chi connectivity index (χ3v) is 4.40. The summed E-state index contributed by atoms with van der Waals surface area (Å²) in [4.78, 5) is 9.50. The van der Waals surface area contributed by atoms with Gasteiger partial charge in [0.1, 0.15) is 0 Å². The molecule has 3 aromatic rings. The maximum absolute atomic E-state index is 6.01. The van der Waals surface area contributed by atoms with Gasteiger partial charge in [0.2, 0.25) is 0 Å². The van der Waals surface area contributed by atoms with Crippen LogP contribution < -0.4 is 9.47 Å². The molecule has 1 aliphatic heterocycles. The highest BCUT2D eigenvalue weighted by Crippen LogP contribution is 2.43.